The molecule has 0 bridgehead atoms. The van der Waals surface area contributed by atoms with E-state index < -0.39 is 0 Å². The van der Waals surface area contributed by atoms with E-state index >= 15 is 0 Å². The minimum Gasteiger partial charge on any atom is -0.454 e. The molecule has 0 spiro atoms. The maximum Gasteiger partial charge on any atom is 0.265 e. The summed E-state index contributed by atoms with van der Waals surface area (Å²) in [6, 6.07) is 6.04. The molecule has 2 aromatic rings. The molecule has 1 aromatic heterocycles. The molecule has 120 valence electrons. The number of aromatic nitrogens is 1. The predicted octanol–water partition coefficient (Wildman–Crippen LogP) is 1.97. The number of hydrogen-bond acceptors (Lipinski definition) is 6. The minimum absolute atomic E-state index is 0.0582. The molecule has 1 saturated heterocycles. The molecular formula is C16H17N3O3S. The van der Waals surface area contributed by atoms with Gasteiger partial charge in [0.15, 0.2) is 11.5 Å². The largest absolute Gasteiger partial charge is 0.454 e. The van der Waals surface area contributed by atoms with E-state index in [1.54, 1.807) is 6.20 Å². The highest BCUT2D eigenvalue weighted by atomic mass is 32.1. The number of thiazole rings is 1. The van der Waals surface area contributed by atoms with Gasteiger partial charge in [-0.25, -0.2) is 4.98 Å². The Morgan fingerprint density at radius 2 is 2.26 bits per heavy atom. The van der Waals surface area contributed by atoms with Gasteiger partial charge in [-0.2, -0.15) is 0 Å². The molecule has 2 aliphatic heterocycles. The molecule has 1 amide bonds. The fourth-order valence-corrected chi connectivity index (χ4v) is 3.69. The normalized spacial score (nSPS) is 19.9. The molecule has 1 aromatic carbocycles. The Kier molecular flexibility index (Phi) is 3.66. The third kappa shape index (κ3) is 2.77. The SMILES string of the molecule is CC1CN(C(=O)c2cnc(-c3ccc4c(c3)OCO4)s2)CCN1. The lowest BCUT2D eigenvalue weighted by molar-refractivity contribution is 0.0714. The summed E-state index contributed by atoms with van der Waals surface area (Å²) in [6.07, 6.45) is 1.67. The average Bonchev–Trinajstić information content (AvgIpc) is 3.22. The summed E-state index contributed by atoms with van der Waals surface area (Å²) in [5.74, 6) is 1.53. The van der Waals surface area contributed by atoms with Crippen LogP contribution in [-0.2, 0) is 0 Å². The second-order valence-electron chi connectivity index (χ2n) is 5.70. The van der Waals surface area contributed by atoms with Crippen molar-refractivity contribution in [1.29, 1.82) is 0 Å². The third-order valence-corrected chi connectivity index (χ3v) is 5.03. The zero-order valence-electron chi connectivity index (χ0n) is 12.7. The summed E-state index contributed by atoms with van der Waals surface area (Å²) in [5, 5.41) is 4.16. The number of carbonyl (C=O) groups excluding carboxylic acids is 1. The van der Waals surface area contributed by atoms with Crippen molar-refractivity contribution in [2.75, 3.05) is 26.4 Å². The van der Waals surface area contributed by atoms with Crippen LogP contribution in [0.25, 0.3) is 10.6 Å². The number of nitrogens with zero attached hydrogens (tertiary/aromatic N) is 2. The Labute approximate surface area is 138 Å². The Hall–Kier alpha value is -2.12. The van der Waals surface area contributed by atoms with Crippen molar-refractivity contribution in [2.24, 2.45) is 0 Å². The predicted molar refractivity (Wildman–Crippen MR) is 87.0 cm³/mol. The van der Waals surface area contributed by atoms with Gasteiger partial charge in [-0.1, -0.05) is 0 Å². The number of benzene rings is 1. The number of fused-ring (bicyclic) bond motifs is 1. The molecule has 1 unspecified atom stereocenters. The van der Waals surface area contributed by atoms with Gasteiger partial charge in [-0.05, 0) is 25.1 Å². The molecule has 7 heteroatoms. The summed E-state index contributed by atoms with van der Waals surface area (Å²) >= 11 is 1.42. The molecular weight excluding hydrogens is 314 g/mol. The van der Waals surface area contributed by atoms with E-state index in [1.165, 1.54) is 11.3 Å². The van der Waals surface area contributed by atoms with E-state index in [2.05, 4.69) is 17.2 Å². The molecule has 1 atom stereocenters. The first-order valence-electron chi connectivity index (χ1n) is 7.59. The molecule has 1 fully saturated rings. The molecule has 2 aliphatic rings. The topological polar surface area (TPSA) is 63.7 Å². The summed E-state index contributed by atoms with van der Waals surface area (Å²) in [6.45, 7) is 4.64. The Bertz CT molecular complexity index is 746. The highest BCUT2D eigenvalue weighted by molar-refractivity contribution is 7.16. The summed E-state index contributed by atoms with van der Waals surface area (Å²) in [4.78, 5) is 19.6. The first kappa shape index (κ1) is 14.5. The van der Waals surface area contributed by atoms with Crippen LogP contribution in [0, 0.1) is 0 Å². The van der Waals surface area contributed by atoms with E-state index in [-0.39, 0.29) is 12.7 Å². The van der Waals surface area contributed by atoms with Crippen LogP contribution in [0.15, 0.2) is 24.4 Å². The van der Waals surface area contributed by atoms with E-state index in [4.69, 9.17) is 9.47 Å². The fraction of sp³-hybridized carbons (Fsp3) is 0.375. The van der Waals surface area contributed by atoms with Crippen molar-refractivity contribution in [2.45, 2.75) is 13.0 Å². The van der Waals surface area contributed by atoms with E-state index in [1.807, 2.05) is 23.1 Å². The first-order valence-corrected chi connectivity index (χ1v) is 8.41. The van der Waals surface area contributed by atoms with Crippen LogP contribution in [-0.4, -0.2) is 48.3 Å². The van der Waals surface area contributed by atoms with Gasteiger partial charge >= 0.3 is 0 Å². The fourth-order valence-electron chi connectivity index (χ4n) is 2.81. The quantitative estimate of drug-likeness (QED) is 0.911. The number of piperazine rings is 1. The number of rotatable bonds is 2. The van der Waals surface area contributed by atoms with E-state index in [0.29, 0.717) is 10.9 Å². The molecule has 4 rings (SSSR count). The Morgan fingerprint density at radius 3 is 3.13 bits per heavy atom. The molecule has 3 heterocycles. The average molecular weight is 331 g/mol. The molecule has 6 nitrogen and oxygen atoms in total. The van der Waals surface area contributed by atoms with Crippen LogP contribution in [0.1, 0.15) is 16.6 Å². The minimum atomic E-state index is 0.0582. The van der Waals surface area contributed by atoms with Crippen LogP contribution in [0.4, 0.5) is 0 Å². The van der Waals surface area contributed by atoms with Crippen molar-refractivity contribution in [3.63, 3.8) is 0 Å². The summed E-state index contributed by atoms with van der Waals surface area (Å²) in [7, 11) is 0. The summed E-state index contributed by atoms with van der Waals surface area (Å²) in [5.41, 5.74) is 0.937. The standard InChI is InChI=1S/C16H17N3O3S/c1-10-8-19(5-4-17-10)16(20)14-7-18-15(23-14)11-2-3-12-13(6-11)22-9-21-12/h2-3,6-7,10,17H,4-5,8-9H2,1H3. The van der Waals surface area contributed by atoms with E-state index in [0.717, 1.165) is 41.7 Å². The number of amides is 1. The lowest BCUT2D eigenvalue weighted by Crippen LogP contribution is -2.51. The van der Waals surface area contributed by atoms with Crippen LogP contribution in [0.5, 0.6) is 11.5 Å². The lowest BCUT2D eigenvalue weighted by atomic mass is 10.2. The van der Waals surface area contributed by atoms with Crippen molar-refractivity contribution in [3.05, 3.63) is 29.3 Å². The van der Waals surface area contributed by atoms with Gasteiger partial charge in [-0.15, -0.1) is 11.3 Å². The van der Waals surface area contributed by atoms with Gasteiger partial charge in [-0.3, -0.25) is 4.79 Å². The molecule has 23 heavy (non-hydrogen) atoms. The van der Waals surface area contributed by atoms with Crippen molar-refractivity contribution < 1.29 is 14.3 Å². The van der Waals surface area contributed by atoms with Crippen molar-refractivity contribution in [1.82, 2.24) is 15.2 Å². The molecule has 0 radical (unpaired) electrons. The highest BCUT2D eigenvalue weighted by Gasteiger charge is 2.24. The zero-order valence-corrected chi connectivity index (χ0v) is 13.6. The molecule has 0 saturated carbocycles. The van der Waals surface area contributed by atoms with Crippen molar-refractivity contribution >= 4 is 17.2 Å². The number of hydrogen-bond donors (Lipinski definition) is 1. The van der Waals surface area contributed by atoms with Gasteiger partial charge in [0, 0.05) is 31.2 Å². The monoisotopic (exact) mass is 331 g/mol. The summed E-state index contributed by atoms with van der Waals surface area (Å²) < 4.78 is 10.7. The maximum absolute atomic E-state index is 12.6. The van der Waals surface area contributed by atoms with Gasteiger partial charge < -0.3 is 19.7 Å². The Balaban J connectivity index is 1.55. The number of nitrogens with one attached hydrogen (secondary N) is 1. The van der Waals surface area contributed by atoms with Gasteiger partial charge in [0.1, 0.15) is 9.88 Å². The lowest BCUT2D eigenvalue weighted by Gasteiger charge is -2.31. The number of carbonyl (C=O) groups is 1. The van der Waals surface area contributed by atoms with Crippen LogP contribution in [0.3, 0.4) is 0 Å². The van der Waals surface area contributed by atoms with Crippen LogP contribution in [0.2, 0.25) is 0 Å². The van der Waals surface area contributed by atoms with Crippen molar-refractivity contribution in [3.8, 4) is 22.1 Å². The van der Waals surface area contributed by atoms with Gasteiger partial charge in [0.05, 0.1) is 6.20 Å². The smallest absolute Gasteiger partial charge is 0.265 e. The van der Waals surface area contributed by atoms with Crippen LogP contribution < -0.4 is 14.8 Å². The van der Waals surface area contributed by atoms with Gasteiger partial charge in [0.25, 0.3) is 5.91 Å². The molecule has 0 aliphatic carbocycles. The first-order chi connectivity index (χ1) is 11.2. The number of ether oxygens (including phenoxy) is 2. The van der Waals surface area contributed by atoms with Crippen LogP contribution >= 0.6 is 11.3 Å². The highest BCUT2D eigenvalue weighted by Crippen LogP contribution is 2.37. The third-order valence-electron chi connectivity index (χ3n) is 3.99. The maximum atomic E-state index is 12.6. The van der Waals surface area contributed by atoms with E-state index in [9.17, 15) is 4.79 Å². The van der Waals surface area contributed by atoms with Gasteiger partial charge in [0.2, 0.25) is 6.79 Å². The Morgan fingerprint density at radius 1 is 1.39 bits per heavy atom. The second-order valence-corrected chi connectivity index (χ2v) is 6.73. The zero-order chi connectivity index (χ0) is 15.8. The molecule has 1 N–H and O–H groups in total. The second kappa shape index (κ2) is 5.82.